The van der Waals surface area contributed by atoms with E-state index in [0.717, 1.165) is 0 Å². The number of aromatic nitrogens is 3. The van der Waals surface area contributed by atoms with Crippen molar-refractivity contribution in [2.24, 2.45) is 0 Å². The molecule has 146 valence electrons. The number of nitrogens with zero attached hydrogens (tertiary/aromatic N) is 3. The third-order valence-corrected chi connectivity index (χ3v) is 4.11. The topological polar surface area (TPSA) is 69.0 Å². The number of alkyl halides is 3. The normalized spacial score (nSPS) is 12.5. The minimum Gasteiger partial charge on any atom is -0.406 e. The number of rotatable bonds is 5. The second-order valence-electron chi connectivity index (χ2n) is 5.81. The van der Waals surface area contributed by atoms with Gasteiger partial charge in [-0.25, -0.2) is 4.68 Å². The first-order valence-electron chi connectivity index (χ1n) is 8.07. The lowest BCUT2D eigenvalue weighted by Gasteiger charge is -2.14. The van der Waals surface area contributed by atoms with Crippen molar-refractivity contribution in [2.45, 2.75) is 19.3 Å². The minimum absolute atomic E-state index is 0.0730. The van der Waals surface area contributed by atoms with Crippen LogP contribution in [-0.4, -0.2) is 27.3 Å². The van der Waals surface area contributed by atoms with Crippen molar-refractivity contribution in [1.82, 2.24) is 20.3 Å². The molecular weight excluding hydrogens is 397 g/mol. The summed E-state index contributed by atoms with van der Waals surface area (Å²) in [6, 6.07) is 11.7. The predicted octanol–water partition coefficient (Wildman–Crippen LogP) is 4.31. The van der Waals surface area contributed by atoms with Gasteiger partial charge >= 0.3 is 6.36 Å². The van der Waals surface area contributed by atoms with E-state index in [2.05, 4.69) is 20.4 Å². The van der Waals surface area contributed by atoms with Crippen LogP contribution in [0.4, 0.5) is 13.2 Å². The summed E-state index contributed by atoms with van der Waals surface area (Å²) < 4.78 is 41.8. The molecular formula is C18H14ClF3N4O2. The molecule has 1 N–H and O–H groups in total. The van der Waals surface area contributed by atoms with Crippen molar-refractivity contribution in [2.75, 3.05) is 0 Å². The van der Waals surface area contributed by atoms with Gasteiger partial charge in [0.15, 0.2) is 5.69 Å². The maximum Gasteiger partial charge on any atom is 0.573 e. The van der Waals surface area contributed by atoms with Gasteiger partial charge in [-0.05, 0) is 36.8 Å². The van der Waals surface area contributed by atoms with Gasteiger partial charge in [0.2, 0.25) is 0 Å². The number of hydrogen-bond acceptors (Lipinski definition) is 4. The molecule has 28 heavy (non-hydrogen) atoms. The number of halogens is 4. The zero-order chi connectivity index (χ0) is 20.3. The van der Waals surface area contributed by atoms with Gasteiger partial charge in [-0.2, -0.15) is 0 Å². The van der Waals surface area contributed by atoms with Crippen LogP contribution >= 0.6 is 11.6 Å². The van der Waals surface area contributed by atoms with Crippen molar-refractivity contribution >= 4 is 17.5 Å². The quantitative estimate of drug-likeness (QED) is 0.680. The molecule has 1 amide bonds. The van der Waals surface area contributed by atoms with Crippen LogP contribution in [0.2, 0.25) is 5.02 Å². The molecule has 0 saturated heterocycles. The zero-order valence-corrected chi connectivity index (χ0v) is 15.2. The Morgan fingerprint density at radius 3 is 2.50 bits per heavy atom. The van der Waals surface area contributed by atoms with Crippen LogP contribution in [0.3, 0.4) is 0 Å². The van der Waals surface area contributed by atoms with E-state index >= 15 is 0 Å². The fourth-order valence-corrected chi connectivity index (χ4v) is 2.66. The van der Waals surface area contributed by atoms with Crippen LogP contribution in [0.5, 0.6) is 5.75 Å². The molecule has 0 fully saturated rings. The summed E-state index contributed by atoms with van der Waals surface area (Å²) in [5.41, 5.74) is 1.24. The fraction of sp³-hybridized carbons (Fsp3) is 0.167. The van der Waals surface area contributed by atoms with Gasteiger partial charge in [0.1, 0.15) is 5.75 Å². The number of nitrogens with one attached hydrogen (secondary N) is 1. The largest absolute Gasteiger partial charge is 0.573 e. The molecule has 1 atom stereocenters. The molecule has 0 aliphatic heterocycles. The molecule has 1 aromatic heterocycles. The minimum atomic E-state index is -4.76. The third-order valence-electron chi connectivity index (χ3n) is 3.79. The van der Waals surface area contributed by atoms with Crippen LogP contribution in [-0.2, 0) is 0 Å². The maximum atomic E-state index is 12.4. The van der Waals surface area contributed by atoms with E-state index in [1.807, 2.05) is 0 Å². The second-order valence-corrected chi connectivity index (χ2v) is 6.22. The molecule has 0 aliphatic carbocycles. The number of para-hydroxylation sites is 1. The lowest BCUT2D eigenvalue weighted by Crippen LogP contribution is -2.27. The van der Waals surface area contributed by atoms with Gasteiger partial charge in [-0.1, -0.05) is 41.1 Å². The Balaban J connectivity index is 1.67. The number of hydrogen-bond donors (Lipinski definition) is 1. The summed E-state index contributed by atoms with van der Waals surface area (Å²) in [5.74, 6) is -0.820. The molecule has 0 spiro atoms. The lowest BCUT2D eigenvalue weighted by molar-refractivity contribution is -0.274. The van der Waals surface area contributed by atoms with Gasteiger partial charge in [0.05, 0.1) is 22.9 Å². The van der Waals surface area contributed by atoms with E-state index in [1.54, 1.807) is 31.2 Å². The van der Waals surface area contributed by atoms with Crippen LogP contribution in [0.1, 0.15) is 29.0 Å². The number of ether oxygens (including phenoxy) is 1. The fourth-order valence-electron chi connectivity index (χ4n) is 2.44. The van der Waals surface area contributed by atoms with Gasteiger partial charge in [-0.3, -0.25) is 4.79 Å². The molecule has 6 nitrogen and oxygen atoms in total. The second kappa shape index (κ2) is 7.89. The molecule has 0 saturated carbocycles. The molecule has 0 bridgehead atoms. The first-order valence-corrected chi connectivity index (χ1v) is 8.44. The lowest BCUT2D eigenvalue weighted by atomic mass is 10.1. The highest BCUT2D eigenvalue weighted by molar-refractivity contribution is 6.32. The summed E-state index contributed by atoms with van der Waals surface area (Å²) in [5, 5.41) is 10.9. The smallest absolute Gasteiger partial charge is 0.406 e. The van der Waals surface area contributed by atoms with Crippen molar-refractivity contribution in [3.05, 3.63) is 71.0 Å². The Bertz CT molecular complexity index is 973. The molecule has 3 aromatic rings. The van der Waals surface area contributed by atoms with E-state index < -0.39 is 18.3 Å². The number of carbonyl (C=O) groups excluding carboxylic acids is 1. The number of benzene rings is 2. The summed E-state index contributed by atoms with van der Waals surface area (Å²) in [7, 11) is 0. The molecule has 1 unspecified atom stereocenters. The first-order chi connectivity index (χ1) is 13.2. The summed E-state index contributed by atoms with van der Waals surface area (Å²) >= 11 is 6.10. The van der Waals surface area contributed by atoms with E-state index in [0.29, 0.717) is 16.3 Å². The Hall–Kier alpha value is -3.07. The van der Waals surface area contributed by atoms with E-state index in [9.17, 15) is 18.0 Å². The van der Waals surface area contributed by atoms with E-state index in [-0.39, 0.29) is 11.4 Å². The highest BCUT2D eigenvalue weighted by atomic mass is 35.5. The molecule has 1 heterocycles. The summed E-state index contributed by atoms with van der Waals surface area (Å²) in [6.07, 6.45) is -3.32. The Labute approximate surface area is 162 Å². The van der Waals surface area contributed by atoms with Gasteiger partial charge in [0.25, 0.3) is 5.91 Å². The predicted molar refractivity (Wildman–Crippen MR) is 95.4 cm³/mol. The molecule has 2 aromatic carbocycles. The first kappa shape index (κ1) is 19.7. The molecule has 0 radical (unpaired) electrons. The Kier molecular flexibility index (Phi) is 5.55. The van der Waals surface area contributed by atoms with Crippen LogP contribution < -0.4 is 10.1 Å². The maximum absolute atomic E-state index is 12.4. The van der Waals surface area contributed by atoms with Crippen molar-refractivity contribution in [3.8, 4) is 11.4 Å². The number of carbonyl (C=O) groups is 1. The average Bonchev–Trinajstić information content (AvgIpc) is 3.11. The monoisotopic (exact) mass is 410 g/mol. The van der Waals surface area contributed by atoms with Crippen LogP contribution in [0.15, 0.2) is 54.7 Å². The third kappa shape index (κ3) is 4.80. The highest BCUT2D eigenvalue weighted by Gasteiger charge is 2.31. The van der Waals surface area contributed by atoms with Gasteiger partial charge in [-0.15, -0.1) is 18.3 Å². The highest BCUT2D eigenvalue weighted by Crippen LogP contribution is 2.24. The summed E-state index contributed by atoms with van der Waals surface area (Å²) in [6.45, 7) is 1.69. The number of amides is 1. The summed E-state index contributed by atoms with van der Waals surface area (Å²) in [4.78, 5) is 12.4. The molecule has 10 heteroatoms. The van der Waals surface area contributed by atoms with E-state index in [4.69, 9.17) is 11.6 Å². The van der Waals surface area contributed by atoms with Crippen LogP contribution in [0, 0.1) is 0 Å². The van der Waals surface area contributed by atoms with Crippen molar-refractivity contribution in [3.63, 3.8) is 0 Å². The zero-order valence-electron chi connectivity index (χ0n) is 14.4. The van der Waals surface area contributed by atoms with Crippen molar-refractivity contribution < 1.29 is 22.7 Å². The molecule has 3 rings (SSSR count). The van der Waals surface area contributed by atoms with Crippen molar-refractivity contribution in [1.29, 1.82) is 0 Å². The van der Waals surface area contributed by atoms with Gasteiger partial charge in [0, 0.05) is 0 Å². The molecule has 0 aliphatic rings. The van der Waals surface area contributed by atoms with Crippen LogP contribution in [0.25, 0.3) is 5.69 Å². The van der Waals surface area contributed by atoms with E-state index in [1.165, 1.54) is 35.1 Å². The van der Waals surface area contributed by atoms with Gasteiger partial charge < -0.3 is 10.1 Å². The standard InChI is InChI=1S/C18H14ClF3N4O2/c1-11(12-6-8-13(9-7-12)28-18(20,21)22)23-17(27)15-10-26(25-24-15)16-5-3-2-4-14(16)19/h2-11H,1H3,(H,23,27). The Morgan fingerprint density at radius 2 is 1.86 bits per heavy atom. The Morgan fingerprint density at radius 1 is 1.18 bits per heavy atom. The average molecular weight is 411 g/mol. The SMILES string of the molecule is CC(NC(=O)c1cn(-c2ccccc2Cl)nn1)c1ccc(OC(F)(F)F)cc1.